The van der Waals surface area contributed by atoms with E-state index in [1.54, 1.807) is 0 Å². The molecule has 0 amide bonds. The van der Waals surface area contributed by atoms with Crippen molar-refractivity contribution in [3.05, 3.63) is 317 Å². The highest BCUT2D eigenvalue weighted by Gasteiger charge is 2.53. The summed E-state index contributed by atoms with van der Waals surface area (Å²) in [6.07, 6.45) is 0. The number of nitrogens with zero attached hydrogens (tertiary/aromatic N) is 1. The van der Waals surface area contributed by atoms with Gasteiger partial charge in [0.1, 0.15) is 34.2 Å². The Balaban J connectivity index is 0.957. The molecule has 4 heteroatoms. The van der Waals surface area contributed by atoms with E-state index in [0.717, 1.165) is 107 Å². The molecule has 0 unspecified atom stereocenters. The fourth-order valence-electron chi connectivity index (χ4n) is 14.2. The van der Waals surface area contributed by atoms with Gasteiger partial charge in [0.2, 0.25) is 0 Å². The SMILES string of the molecule is c1ccc(-c2cc(N(c3ccc4c(c3)C3(c5ccccc5O4)c4ccccc4-c4ccccc43)c3ccc4c(c3)C3(c5ccccc5O4)c4ccccc4-c4ccccc43)ccc2-c2cccc3oc4ccccc4c23)cc1. The van der Waals surface area contributed by atoms with Crippen LogP contribution in [-0.4, -0.2) is 0 Å². The van der Waals surface area contributed by atoms with E-state index in [9.17, 15) is 0 Å². The molecular weight excluding hydrogens is 951 g/mol. The largest absolute Gasteiger partial charge is 0.457 e. The zero-order chi connectivity index (χ0) is 51.1. The molecule has 0 saturated heterocycles. The van der Waals surface area contributed by atoms with Gasteiger partial charge in [0.25, 0.3) is 0 Å². The summed E-state index contributed by atoms with van der Waals surface area (Å²) in [5, 5.41) is 2.20. The van der Waals surface area contributed by atoms with Crippen LogP contribution < -0.4 is 14.4 Å². The van der Waals surface area contributed by atoms with Gasteiger partial charge in [-0.3, -0.25) is 0 Å². The van der Waals surface area contributed by atoms with Crippen LogP contribution in [0.5, 0.6) is 23.0 Å². The maximum atomic E-state index is 7.04. The first-order chi connectivity index (χ1) is 38.7. The summed E-state index contributed by atoms with van der Waals surface area (Å²) < 4.78 is 20.6. The number of benzene rings is 12. The second-order valence-electron chi connectivity index (χ2n) is 20.9. The first kappa shape index (κ1) is 43.1. The third-order valence-corrected chi connectivity index (χ3v) is 17.2. The molecule has 364 valence electrons. The Bertz CT molecular complexity index is 4370. The van der Waals surface area contributed by atoms with E-state index in [2.05, 4.69) is 272 Å². The summed E-state index contributed by atoms with van der Waals surface area (Å²) >= 11 is 0. The van der Waals surface area contributed by atoms with Crippen LogP contribution >= 0.6 is 0 Å². The smallest absolute Gasteiger partial charge is 0.136 e. The third kappa shape index (κ3) is 5.73. The molecule has 4 aliphatic rings. The van der Waals surface area contributed by atoms with Crippen LogP contribution in [-0.2, 0) is 10.8 Å². The molecule has 4 nitrogen and oxygen atoms in total. The molecule has 0 fully saturated rings. The Morgan fingerprint density at radius 2 is 0.667 bits per heavy atom. The molecule has 2 aliphatic carbocycles. The molecule has 0 radical (unpaired) electrons. The number of hydrogen-bond donors (Lipinski definition) is 0. The quantitative estimate of drug-likeness (QED) is 0.172. The molecule has 2 aliphatic heterocycles. The molecule has 17 rings (SSSR count). The van der Waals surface area contributed by atoms with E-state index in [1.165, 1.54) is 44.5 Å². The highest BCUT2D eigenvalue weighted by molar-refractivity contribution is 6.14. The Kier molecular flexibility index (Phi) is 8.94. The van der Waals surface area contributed by atoms with Gasteiger partial charge in [-0.15, -0.1) is 0 Å². The van der Waals surface area contributed by atoms with Crippen molar-refractivity contribution in [2.45, 2.75) is 10.8 Å². The van der Waals surface area contributed by atoms with Crippen LogP contribution in [0, 0.1) is 0 Å². The second kappa shape index (κ2) is 16.2. The van der Waals surface area contributed by atoms with E-state index in [1.807, 2.05) is 6.07 Å². The molecule has 0 saturated carbocycles. The van der Waals surface area contributed by atoms with Gasteiger partial charge in [-0.25, -0.2) is 0 Å². The van der Waals surface area contributed by atoms with Crippen molar-refractivity contribution in [3.8, 4) is 67.5 Å². The van der Waals surface area contributed by atoms with Crippen molar-refractivity contribution >= 4 is 39.0 Å². The molecule has 1 aromatic heterocycles. The predicted molar refractivity (Wildman–Crippen MR) is 314 cm³/mol. The number of fused-ring (bicyclic) bond motifs is 21. The van der Waals surface area contributed by atoms with Gasteiger partial charge in [0.15, 0.2) is 0 Å². The van der Waals surface area contributed by atoms with Gasteiger partial charge in [0.05, 0.1) is 10.8 Å². The molecule has 13 aromatic rings. The second-order valence-corrected chi connectivity index (χ2v) is 20.9. The summed E-state index contributed by atoms with van der Waals surface area (Å²) in [7, 11) is 0. The van der Waals surface area contributed by atoms with Crippen molar-refractivity contribution in [2.75, 3.05) is 4.90 Å². The number of anilines is 3. The minimum Gasteiger partial charge on any atom is -0.457 e. The van der Waals surface area contributed by atoms with Crippen LogP contribution in [0.3, 0.4) is 0 Å². The highest BCUT2D eigenvalue weighted by Crippen LogP contribution is 2.65. The lowest BCUT2D eigenvalue weighted by Gasteiger charge is -2.41. The standard InChI is InChI=1S/C74H45NO3/c1-2-19-46(20-3-1)57-43-47(37-40-50(57)55-26-18-36-71-72(55)56-25-8-15-33-66(56)76-71)75(48-38-41-69-64(44-48)73(62-31-13-16-34-67(62)77-69)58-27-9-4-21-51(58)52-22-5-10-28-59(52)73)49-39-42-70-65(45-49)74(63-32-14-17-35-68(63)78-70)60-29-11-6-23-53(60)54-24-7-12-30-61(54)74/h1-45H. The van der Waals surface area contributed by atoms with Crippen LogP contribution in [0.2, 0.25) is 0 Å². The molecule has 0 atom stereocenters. The zero-order valence-corrected chi connectivity index (χ0v) is 42.2. The Hall–Kier alpha value is -10.2. The minimum atomic E-state index is -0.668. The number of furan rings is 1. The molecule has 0 N–H and O–H groups in total. The van der Waals surface area contributed by atoms with E-state index < -0.39 is 10.8 Å². The highest BCUT2D eigenvalue weighted by atomic mass is 16.5. The third-order valence-electron chi connectivity index (χ3n) is 17.2. The van der Waals surface area contributed by atoms with E-state index >= 15 is 0 Å². The van der Waals surface area contributed by atoms with E-state index in [-0.39, 0.29) is 0 Å². The fraction of sp³-hybridized carbons (Fsp3) is 0.0270. The average Bonchev–Trinajstić information content (AvgIpc) is 3.34. The van der Waals surface area contributed by atoms with Crippen molar-refractivity contribution in [1.82, 2.24) is 0 Å². The Morgan fingerprint density at radius 1 is 0.256 bits per heavy atom. The normalized spacial score (nSPS) is 14.1. The van der Waals surface area contributed by atoms with Crippen LogP contribution in [0.1, 0.15) is 44.5 Å². The number of hydrogen-bond acceptors (Lipinski definition) is 4. The maximum Gasteiger partial charge on any atom is 0.136 e. The zero-order valence-electron chi connectivity index (χ0n) is 42.2. The van der Waals surface area contributed by atoms with Crippen molar-refractivity contribution in [2.24, 2.45) is 0 Å². The van der Waals surface area contributed by atoms with Crippen LogP contribution in [0.25, 0.3) is 66.4 Å². The van der Waals surface area contributed by atoms with Crippen molar-refractivity contribution in [1.29, 1.82) is 0 Å². The molecule has 12 aromatic carbocycles. The first-order valence-electron chi connectivity index (χ1n) is 26.8. The molecule has 0 bridgehead atoms. The number of ether oxygens (including phenoxy) is 2. The first-order valence-corrected chi connectivity index (χ1v) is 26.8. The molecular formula is C74H45NO3. The van der Waals surface area contributed by atoms with Crippen molar-refractivity contribution < 1.29 is 13.9 Å². The topological polar surface area (TPSA) is 34.8 Å². The molecule has 3 heterocycles. The van der Waals surface area contributed by atoms with Gasteiger partial charge in [-0.2, -0.15) is 0 Å². The summed E-state index contributed by atoms with van der Waals surface area (Å²) in [6.45, 7) is 0. The Labute approximate surface area is 451 Å². The van der Waals surface area contributed by atoms with Gasteiger partial charge in [0, 0.05) is 50.1 Å². The van der Waals surface area contributed by atoms with Gasteiger partial charge in [-0.1, -0.05) is 200 Å². The lowest BCUT2D eigenvalue weighted by atomic mass is 9.66. The monoisotopic (exact) mass is 995 g/mol. The van der Waals surface area contributed by atoms with Crippen molar-refractivity contribution in [3.63, 3.8) is 0 Å². The van der Waals surface area contributed by atoms with Gasteiger partial charge in [-0.05, 0) is 140 Å². The summed E-state index contributed by atoms with van der Waals surface area (Å²) in [5.74, 6) is 3.39. The van der Waals surface area contributed by atoms with Crippen LogP contribution in [0.15, 0.2) is 277 Å². The van der Waals surface area contributed by atoms with E-state index in [0.29, 0.717) is 0 Å². The summed E-state index contributed by atoms with van der Waals surface area (Å²) in [5.41, 5.74) is 22.2. The van der Waals surface area contributed by atoms with Gasteiger partial charge >= 0.3 is 0 Å². The Morgan fingerprint density at radius 3 is 1.22 bits per heavy atom. The average molecular weight is 996 g/mol. The lowest BCUT2D eigenvalue weighted by Crippen LogP contribution is -2.32. The van der Waals surface area contributed by atoms with Gasteiger partial charge < -0.3 is 18.8 Å². The maximum absolute atomic E-state index is 7.04. The molecule has 78 heavy (non-hydrogen) atoms. The molecule has 2 spiro atoms. The van der Waals surface area contributed by atoms with E-state index in [4.69, 9.17) is 13.9 Å². The number of para-hydroxylation sites is 3. The van der Waals surface area contributed by atoms with Crippen LogP contribution in [0.4, 0.5) is 17.1 Å². The lowest BCUT2D eigenvalue weighted by molar-refractivity contribution is 0.436. The summed E-state index contributed by atoms with van der Waals surface area (Å²) in [4.78, 5) is 2.45. The fourth-order valence-corrected chi connectivity index (χ4v) is 14.2. The predicted octanol–water partition coefficient (Wildman–Crippen LogP) is 19.3. The summed E-state index contributed by atoms with van der Waals surface area (Å²) in [6, 6.07) is 99.2. The minimum absolute atomic E-state index is 0.668. The number of rotatable bonds is 5.